The average Bonchev–Trinajstić information content (AvgIpc) is 3.26. The van der Waals surface area contributed by atoms with Crippen LogP contribution in [-0.2, 0) is 5.41 Å². The lowest BCUT2D eigenvalue weighted by molar-refractivity contribution is -0.152. The molecule has 2 nitrogen and oxygen atoms in total. The molecule has 0 saturated carbocycles. The second kappa shape index (κ2) is 29.8. The highest BCUT2D eigenvalue weighted by Gasteiger charge is 2.52. The van der Waals surface area contributed by atoms with Crippen LogP contribution in [0.3, 0.4) is 0 Å². The van der Waals surface area contributed by atoms with Gasteiger partial charge in [0.15, 0.2) is 0 Å². The van der Waals surface area contributed by atoms with Crippen molar-refractivity contribution in [2.75, 3.05) is 0 Å². The first kappa shape index (κ1) is 50.2. The molecule has 0 aromatic heterocycles. The minimum absolute atomic E-state index is 0.124. The lowest BCUT2D eigenvalue weighted by Gasteiger charge is -2.47. The van der Waals surface area contributed by atoms with Crippen LogP contribution >= 0.6 is 0 Å². The van der Waals surface area contributed by atoms with E-state index >= 15 is 0 Å². The van der Waals surface area contributed by atoms with Crippen LogP contribution in [0.5, 0.6) is 0 Å². The molecule has 0 bridgehead atoms. The number of fused-ring (bicyclic) bond motifs is 1. The van der Waals surface area contributed by atoms with Crippen LogP contribution < -0.4 is 0 Å². The molecule has 0 unspecified atom stereocenters. The molecule has 2 aromatic rings. The molecule has 0 saturated heterocycles. The van der Waals surface area contributed by atoms with Crippen molar-refractivity contribution < 1.29 is 10.2 Å². The Morgan fingerprint density at radius 1 is 0.400 bits per heavy atom. The molecule has 0 heterocycles. The second-order valence-corrected chi connectivity index (χ2v) is 19.5. The summed E-state index contributed by atoms with van der Waals surface area (Å²) in [6, 6.07) is 20.3. The summed E-state index contributed by atoms with van der Waals surface area (Å²) in [5, 5.41) is 24.0. The fourth-order valence-corrected chi connectivity index (χ4v) is 10.6. The van der Waals surface area contributed by atoms with Crippen LogP contribution in [0.4, 0.5) is 0 Å². The van der Waals surface area contributed by atoms with Gasteiger partial charge in [0, 0.05) is 0 Å². The third-order valence-electron chi connectivity index (χ3n) is 14.4. The minimum atomic E-state index is -2.05. The first-order valence-electron chi connectivity index (χ1n) is 26.2. The molecule has 0 spiro atoms. The van der Waals surface area contributed by atoms with Gasteiger partial charge in [-0.1, -0.05) is 298 Å². The molecule has 2 N–H and O–H groups in total. The van der Waals surface area contributed by atoms with Crippen molar-refractivity contribution in [3.63, 3.8) is 0 Å². The quantitative estimate of drug-likeness (QED) is 0.0531. The second-order valence-electron chi connectivity index (χ2n) is 19.5. The van der Waals surface area contributed by atoms with E-state index in [1.807, 2.05) is 36.4 Å². The van der Waals surface area contributed by atoms with Crippen molar-refractivity contribution >= 4 is 0 Å². The first-order valence-corrected chi connectivity index (χ1v) is 26.2. The molecule has 2 aliphatic rings. The zero-order chi connectivity index (χ0) is 42.5. The topological polar surface area (TPSA) is 40.5 Å². The van der Waals surface area contributed by atoms with Crippen molar-refractivity contribution in [2.45, 2.75) is 250 Å². The summed E-state index contributed by atoms with van der Waals surface area (Å²) in [6.45, 7) is 4.61. The number of hydrogen-bond donors (Lipinski definition) is 2. The number of allylic oxidation sites excluding steroid dienone is 4. The van der Waals surface area contributed by atoms with Crippen LogP contribution in [0.15, 0.2) is 96.1 Å². The molecule has 2 aromatic carbocycles. The van der Waals surface area contributed by atoms with E-state index in [0.29, 0.717) is 0 Å². The zero-order valence-corrected chi connectivity index (χ0v) is 39.2. The Bertz CT molecular complexity index is 1370. The lowest BCUT2D eigenvalue weighted by atomic mass is 9.60. The molecule has 0 amide bonds. The Morgan fingerprint density at radius 2 is 0.717 bits per heavy atom. The van der Waals surface area contributed by atoms with Crippen molar-refractivity contribution in [2.24, 2.45) is 5.41 Å². The van der Waals surface area contributed by atoms with E-state index in [1.165, 1.54) is 224 Å². The first-order chi connectivity index (χ1) is 29.5. The van der Waals surface area contributed by atoms with Crippen molar-refractivity contribution in [1.82, 2.24) is 0 Å². The van der Waals surface area contributed by atoms with Gasteiger partial charge in [-0.25, -0.2) is 0 Å². The summed E-state index contributed by atoms with van der Waals surface area (Å²) in [5.41, 5.74) is 3.14. The normalized spacial score (nSPS) is 16.4. The Labute approximate surface area is 371 Å². The number of rotatable bonds is 36. The number of hydrogen-bond acceptors (Lipinski definition) is 2. The Kier molecular flexibility index (Phi) is 24.9. The molecule has 4 rings (SSSR count). The molecule has 60 heavy (non-hydrogen) atoms. The maximum atomic E-state index is 12.0. The van der Waals surface area contributed by atoms with Crippen LogP contribution in [-0.4, -0.2) is 16.0 Å². The highest BCUT2D eigenvalue weighted by atomic mass is 16.5. The van der Waals surface area contributed by atoms with E-state index in [2.05, 4.69) is 56.3 Å². The predicted molar refractivity (Wildman–Crippen MR) is 262 cm³/mol. The Morgan fingerprint density at radius 3 is 1.05 bits per heavy atom. The number of unbranched alkanes of at least 4 members (excludes halogenated alkanes) is 30. The third-order valence-corrected chi connectivity index (χ3v) is 14.4. The standard InChI is InChI=1S/C58H92O2/c1-3-5-7-9-11-13-15-17-19-21-23-25-27-29-31-39-46-56(47-40-32-30-28-26-24-22-20-18-16-14-12-10-8-6-4-2)48-45-52-51-58(59,60)57(50-53(52)49-56,54-41-35-33-36-42-54)55-43-37-34-38-44-55/h33-38,41-45,48,50-51,59-60H,3-32,39-40,46-47,49H2,1-2H3. The van der Waals surface area contributed by atoms with Gasteiger partial charge < -0.3 is 10.2 Å². The molecule has 2 aliphatic carbocycles. The predicted octanol–water partition coefficient (Wildman–Crippen LogP) is 17.8. The van der Waals surface area contributed by atoms with Gasteiger partial charge in [0.2, 0.25) is 5.79 Å². The summed E-state index contributed by atoms with van der Waals surface area (Å²) >= 11 is 0. The van der Waals surface area contributed by atoms with Gasteiger partial charge in [0.05, 0.1) is 5.41 Å². The highest BCUT2D eigenvalue weighted by Crippen LogP contribution is 2.53. The molecule has 336 valence electrons. The number of benzene rings is 2. The zero-order valence-electron chi connectivity index (χ0n) is 39.2. The highest BCUT2D eigenvalue weighted by molar-refractivity contribution is 5.59. The van der Waals surface area contributed by atoms with Crippen molar-refractivity contribution in [3.8, 4) is 0 Å². The Hall–Kier alpha value is -2.42. The summed E-state index contributed by atoms with van der Waals surface area (Å²) < 4.78 is 0. The van der Waals surface area contributed by atoms with Crippen LogP contribution in [0.25, 0.3) is 0 Å². The molecule has 0 fully saturated rings. The molecule has 0 radical (unpaired) electrons. The molecular formula is C58H92O2. The van der Waals surface area contributed by atoms with E-state index in [4.69, 9.17) is 0 Å². The summed E-state index contributed by atoms with van der Waals surface area (Å²) in [6.07, 6.45) is 56.9. The van der Waals surface area contributed by atoms with Crippen molar-refractivity contribution in [3.05, 3.63) is 107 Å². The van der Waals surface area contributed by atoms with Crippen molar-refractivity contribution in [1.29, 1.82) is 0 Å². The van der Waals surface area contributed by atoms with E-state index in [9.17, 15) is 10.2 Å². The summed E-state index contributed by atoms with van der Waals surface area (Å²) in [5.74, 6) is -2.05. The van der Waals surface area contributed by atoms with Gasteiger partial charge in [0.25, 0.3) is 0 Å². The monoisotopic (exact) mass is 821 g/mol. The maximum Gasteiger partial charge on any atom is 0.201 e. The molecule has 0 atom stereocenters. The fourth-order valence-electron chi connectivity index (χ4n) is 10.6. The summed E-state index contributed by atoms with van der Waals surface area (Å²) in [4.78, 5) is 0. The van der Waals surface area contributed by atoms with Gasteiger partial charge in [-0.15, -0.1) is 0 Å². The van der Waals surface area contributed by atoms with Gasteiger partial charge in [0.1, 0.15) is 0 Å². The summed E-state index contributed by atoms with van der Waals surface area (Å²) in [7, 11) is 0. The molecule has 0 aliphatic heterocycles. The maximum absolute atomic E-state index is 12.0. The van der Waals surface area contributed by atoms with E-state index in [0.717, 1.165) is 23.1 Å². The third kappa shape index (κ3) is 17.4. The lowest BCUT2D eigenvalue weighted by Crippen LogP contribution is -2.52. The van der Waals surface area contributed by atoms with Gasteiger partial charge >= 0.3 is 0 Å². The smallest absolute Gasteiger partial charge is 0.201 e. The Balaban J connectivity index is 1.27. The van der Waals surface area contributed by atoms with Crippen LogP contribution in [0.2, 0.25) is 0 Å². The van der Waals surface area contributed by atoms with Gasteiger partial charge in [-0.2, -0.15) is 0 Å². The van der Waals surface area contributed by atoms with Gasteiger partial charge in [-0.3, -0.25) is 0 Å². The molecule has 2 heteroatoms. The van der Waals surface area contributed by atoms with Crippen LogP contribution in [0, 0.1) is 5.41 Å². The van der Waals surface area contributed by atoms with Gasteiger partial charge in [-0.05, 0) is 53.0 Å². The average molecular weight is 821 g/mol. The SMILES string of the molecule is CCCCCCCCCCCCCCCCCCC1(CCCCCCCCCCCCCCCCCC)C=CC2=CC(O)(O)C(c3ccccc3)(c3ccccc3)C=C2C1. The van der Waals surface area contributed by atoms with Crippen LogP contribution in [0.1, 0.15) is 250 Å². The van der Waals surface area contributed by atoms with E-state index < -0.39 is 11.2 Å². The van der Waals surface area contributed by atoms with E-state index in [1.54, 1.807) is 6.08 Å². The van der Waals surface area contributed by atoms with E-state index in [-0.39, 0.29) is 5.41 Å². The largest absolute Gasteiger partial charge is 0.361 e. The fraction of sp³-hybridized carbons (Fsp3) is 0.690. The number of aliphatic hydroxyl groups is 2. The minimum Gasteiger partial charge on any atom is -0.361 e. The molecular weight excluding hydrogens is 729 g/mol.